The van der Waals surface area contributed by atoms with Crippen LogP contribution in [0, 0.1) is 28.6 Å². The molecule has 11 nitrogen and oxygen atoms in total. The van der Waals surface area contributed by atoms with Crippen LogP contribution >= 0.6 is 12.4 Å². The van der Waals surface area contributed by atoms with E-state index in [0.29, 0.717) is 19.4 Å². The van der Waals surface area contributed by atoms with Crippen molar-refractivity contribution in [3.8, 4) is 0 Å². The van der Waals surface area contributed by atoms with Crippen LogP contribution in [0.15, 0.2) is 12.7 Å². The Labute approximate surface area is 231 Å². The molecule has 0 aromatic rings. The molecule has 0 saturated heterocycles. The summed E-state index contributed by atoms with van der Waals surface area (Å²) >= 11 is 0. The number of hydroxylamine groups is 1. The second-order valence-corrected chi connectivity index (χ2v) is 11.7. The van der Waals surface area contributed by atoms with Gasteiger partial charge in [0, 0.05) is 30.2 Å². The third-order valence-corrected chi connectivity index (χ3v) is 8.48. The third kappa shape index (κ3) is 6.68. The molecule has 6 N–H and O–H groups in total. The van der Waals surface area contributed by atoms with Gasteiger partial charge >= 0.3 is 12.1 Å². The molecular weight excluding hydrogens is 520 g/mol. The fourth-order valence-electron chi connectivity index (χ4n) is 6.37. The molecule has 2 rings (SSSR count). The van der Waals surface area contributed by atoms with Crippen molar-refractivity contribution < 1.29 is 44.8 Å². The monoisotopic (exact) mass is 566 g/mol. The number of halogens is 1. The molecule has 0 radical (unpaired) electrons. The van der Waals surface area contributed by atoms with Gasteiger partial charge in [-0.05, 0) is 38.3 Å². The van der Waals surface area contributed by atoms with Crippen molar-refractivity contribution in [2.45, 2.75) is 84.2 Å². The topological polar surface area (TPSA) is 177 Å². The van der Waals surface area contributed by atoms with Gasteiger partial charge in [0.1, 0.15) is 11.7 Å². The highest BCUT2D eigenvalue weighted by molar-refractivity contribution is 5.89. The van der Waals surface area contributed by atoms with Crippen molar-refractivity contribution in [3.05, 3.63) is 12.7 Å². The predicted octanol–water partition coefficient (Wildman–Crippen LogP) is 1.41. The van der Waals surface area contributed by atoms with Gasteiger partial charge in [-0.2, -0.15) is 0 Å². The summed E-state index contributed by atoms with van der Waals surface area (Å²) in [7, 11) is 3.58. The first-order chi connectivity index (χ1) is 16.5. The molecule has 2 aliphatic carbocycles. The first-order valence-electron chi connectivity index (χ1n) is 12.6. The minimum absolute atomic E-state index is 0. The zero-order chi connectivity index (χ0) is 27.6. The van der Waals surface area contributed by atoms with E-state index in [1.807, 2.05) is 19.3 Å². The number of carbonyl (C=O) groups is 3. The van der Waals surface area contributed by atoms with Gasteiger partial charge < -0.3 is 35.3 Å². The standard InChI is InChI=1S/C26H44N2O8.ClH.H2O/c1-9-15(2)14-18(30)26(34)16(3)21(35-23(33)27-36-19(31)11-13-28(7)8)20(32)22-24(4,5)12-10-17(29)25(22,26)6;;/h9,15-17,20-22,29,32,34H,1,10-14H2,2-8H3,(H,27,33);1H;1H2/t15-,16+,17-,20+,21+,22+,25+,26-;;/m1../s1. The summed E-state index contributed by atoms with van der Waals surface area (Å²) in [6.45, 7) is 12.9. The first-order valence-corrected chi connectivity index (χ1v) is 12.6. The van der Waals surface area contributed by atoms with E-state index in [1.165, 1.54) is 6.92 Å². The molecule has 2 aliphatic rings. The maximum atomic E-state index is 13.7. The van der Waals surface area contributed by atoms with Gasteiger partial charge in [0.05, 0.1) is 18.6 Å². The molecule has 2 saturated carbocycles. The van der Waals surface area contributed by atoms with E-state index in [9.17, 15) is 29.7 Å². The van der Waals surface area contributed by atoms with Gasteiger partial charge in [0.2, 0.25) is 0 Å². The number of aliphatic hydroxyl groups is 3. The van der Waals surface area contributed by atoms with Crippen molar-refractivity contribution in [1.82, 2.24) is 10.4 Å². The molecule has 2 fully saturated rings. The van der Waals surface area contributed by atoms with Gasteiger partial charge in [-0.25, -0.2) is 9.59 Å². The number of amides is 1. The maximum Gasteiger partial charge on any atom is 0.441 e. The largest absolute Gasteiger partial charge is 0.441 e. The average molecular weight is 567 g/mol. The minimum atomic E-state index is -2.11. The highest BCUT2D eigenvalue weighted by atomic mass is 35.5. The molecule has 1 amide bonds. The molecular formula is C26H47ClN2O9. The smallest absolute Gasteiger partial charge is 0.441 e. The van der Waals surface area contributed by atoms with Gasteiger partial charge in [0.15, 0.2) is 5.78 Å². The zero-order valence-corrected chi connectivity index (χ0v) is 24.3. The summed E-state index contributed by atoms with van der Waals surface area (Å²) in [4.78, 5) is 44.6. The molecule has 0 aliphatic heterocycles. The van der Waals surface area contributed by atoms with Gasteiger partial charge in [0.25, 0.3) is 0 Å². The summed E-state index contributed by atoms with van der Waals surface area (Å²) in [6, 6.07) is 0. The predicted molar refractivity (Wildman–Crippen MR) is 143 cm³/mol. The van der Waals surface area contributed by atoms with Crippen molar-refractivity contribution in [1.29, 1.82) is 0 Å². The van der Waals surface area contributed by atoms with Crippen LogP contribution in [0.5, 0.6) is 0 Å². The zero-order valence-electron chi connectivity index (χ0n) is 23.5. The van der Waals surface area contributed by atoms with Crippen LogP contribution in [-0.2, 0) is 19.2 Å². The second kappa shape index (κ2) is 13.5. The van der Waals surface area contributed by atoms with Crippen molar-refractivity contribution in [3.63, 3.8) is 0 Å². The Morgan fingerprint density at radius 3 is 2.32 bits per heavy atom. The first kappa shape index (κ1) is 36.2. The summed E-state index contributed by atoms with van der Waals surface area (Å²) in [5, 5.41) is 34.9. The summed E-state index contributed by atoms with van der Waals surface area (Å²) in [5.74, 6) is -3.27. The normalized spacial score (nSPS) is 34.4. The van der Waals surface area contributed by atoms with Gasteiger partial charge in [-0.3, -0.25) is 4.79 Å². The number of nitrogens with one attached hydrogen (secondary N) is 1. The molecule has 0 aromatic heterocycles. The van der Waals surface area contributed by atoms with Crippen LogP contribution in [-0.4, -0.2) is 88.1 Å². The van der Waals surface area contributed by atoms with Crippen molar-refractivity contribution >= 4 is 30.3 Å². The lowest BCUT2D eigenvalue weighted by Crippen LogP contribution is -2.77. The van der Waals surface area contributed by atoms with Crippen LogP contribution in [0.4, 0.5) is 4.79 Å². The number of ketones is 1. The van der Waals surface area contributed by atoms with E-state index in [0.717, 1.165) is 0 Å². The van der Waals surface area contributed by atoms with E-state index in [4.69, 9.17) is 9.57 Å². The van der Waals surface area contributed by atoms with Crippen molar-refractivity contribution in [2.75, 3.05) is 20.6 Å². The number of hydrogen-bond donors (Lipinski definition) is 4. The molecule has 8 atom stereocenters. The lowest BCUT2D eigenvalue weighted by molar-refractivity contribution is -0.291. The number of rotatable bonds is 8. The number of hydrogen-bond acceptors (Lipinski definition) is 9. The molecule has 0 spiro atoms. The third-order valence-electron chi connectivity index (χ3n) is 8.48. The Hall–Kier alpha value is -1.76. The molecule has 0 unspecified atom stereocenters. The van der Waals surface area contributed by atoms with Crippen LogP contribution in [0.2, 0.25) is 0 Å². The Morgan fingerprint density at radius 2 is 1.79 bits per heavy atom. The molecule has 0 heterocycles. The fourth-order valence-corrected chi connectivity index (χ4v) is 6.37. The highest BCUT2D eigenvalue weighted by Gasteiger charge is 2.73. The SMILES string of the molecule is C=C[C@@H](C)CC(=O)[C@]1(O)[C@@H](C)[C@H](OC(=O)NOC(=O)CCN(C)C)[C@H](O)[C@H]2C(C)(C)CC[C@@H](O)[C@@]21C.Cl.O. The highest BCUT2D eigenvalue weighted by Crippen LogP contribution is 2.63. The Morgan fingerprint density at radius 1 is 1.21 bits per heavy atom. The Kier molecular flexibility index (Phi) is 12.9. The summed E-state index contributed by atoms with van der Waals surface area (Å²) < 4.78 is 5.49. The van der Waals surface area contributed by atoms with Crippen LogP contribution < -0.4 is 5.48 Å². The maximum absolute atomic E-state index is 13.7. The van der Waals surface area contributed by atoms with E-state index in [2.05, 4.69) is 6.58 Å². The number of ether oxygens (including phenoxy) is 1. The number of nitrogens with zero attached hydrogens (tertiary/aromatic N) is 1. The van der Waals surface area contributed by atoms with E-state index in [1.54, 1.807) is 38.9 Å². The van der Waals surface area contributed by atoms with E-state index in [-0.39, 0.29) is 36.6 Å². The number of aliphatic hydroxyl groups excluding tert-OH is 2. The molecule has 38 heavy (non-hydrogen) atoms. The molecule has 12 heteroatoms. The fraction of sp³-hybridized carbons (Fsp3) is 0.808. The quantitative estimate of drug-likeness (QED) is 0.250. The van der Waals surface area contributed by atoms with E-state index < -0.39 is 64.4 Å². The van der Waals surface area contributed by atoms with Crippen LogP contribution in [0.3, 0.4) is 0 Å². The lowest BCUT2D eigenvalue weighted by atomic mass is 9.41. The number of carbonyl (C=O) groups excluding carboxylic acids is 3. The van der Waals surface area contributed by atoms with Crippen LogP contribution in [0.1, 0.15) is 60.3 Å². The Bertz CT molecular complexity index is 855. The van der Waals surface area contributed by atoms with Gasteiger partial charge in [-0.1, -0.05) is 40.7 Å². The second-order valence-electron chi connectivity index (χ2n) is 11.7. The number of allylic oxidation sites excluding steroid dienone is 1. The molecule has 0 aromatic carbocycles. The average Bonchev–Trinajstić information content (AvgIpc) is 2.79. The summed E-state index contributed by atoms with van der Waals surface area (Å²) in [6.07, 6.45) is -2.29. The summed E-state index contributed by atoms with van der Waals surface area (Å²) in [5.41, 5.74) is -2.18. The number of fused-ring (bicyclic) bond motifs is 1. The number of Topliss-reactive ketones (excluding diaryl/α,β-unsaturated/α-hetero) is 1. The van der Waals surface area contributed by atoms with E-state index >= 15 is 0 Å². The molecule has 222 valence electrons. The lowest BCUT2D eigenvalue weighted by Gasteiger charge is -2.66. The minimum Gasteiger partial charge on any atom is -0.441 e. The Balaban J connectivity index is 0.00000684. The van der Waals surface area contributed by atoms with Gasteiger partial charge in [-0.15, -0.1) is 24.5 Å². The van der Waals surface area contributed by atoms with Crippen molar-refractivity contribution in [2.24, 2.45) is 28.6 Å². The molecule has 0 bridgehead atoms. The van der Waals surface area contributed by atoms with Crippen LogP contribution in [0.25, 0.3) is 0 Å².